The van der Waals surface area contributed by atoms with Crippen molar-refractivity contribution in [2.75, 3.05) is 40.4 Å². The average molecular weight is 371 g/mol. The highest BCUT2D eigenvalue weighted by molar-refractivity contribution is 5.91. The van der Waals surface area contributed by atoms with Gasteiger partial charge in [-0.2, -0.15) is 0 Å². The number of carbonyl (C=O) groups excluding carboxylic acids is 2. The monoisotopic (exact) mass is 371 g/mol. The lowest BCUT2D eigenvalue weighted by atomic mass is 9.97. The van der Waals surface area contributed by atoms with Gasteiger partial charge in [-0.05, 0) is 12.5 Å². The number of likely N-dealkylation sites (N-methyl/N-ethyl adjacent to an activating group) is 1. The number of rotatable bonds is 7. The molecule has 3 rings (SSSR count). The van der Waals surface area contributed by atoms with Crippen molar-refractivity contribution in [1.29, 1.82) is 0 Å². The molecule has 144 valence electrons. The molecule has 2 heterocycles. The van der Waals surface area contributed by atoms with E-state index >= 15 is 0 Å². The Balaban J connectivity index is 1.55. The van der Waals surface area contributed by atoms with Crippen molar-refractivity contribution >= 4 is 11.8 Å². The van der Waals surface area contributed by atoms with Crippen LogP contribution in [0.5, 0.6) is 0 Å². The molecule has 1 fully saturated rings. The van der Waals surface area contributed by atoms with E-state index in [9.17, 15) is 9.59 Å². The maximum Gasteiger partial charge on any atom is 0.275 e. The van der Waals surface area contributed by atoms with Gasteiger partial charge in [0.15, 0.2) is 5.69 Å². The fourth-order valence-electron chi connectivity index (χ4n) is 3.04. The quantitative estimate of drug-likeness (QED) is 0.730. The van der Waals surface area contributed by atoms with E-state index in [0.29, 0.717) is 31.9 Å². The van der Waals surface area contributed by atoms with Gasteiger partial charge >= 0.3 is 0 Å². The lowest BCUT2D eigenvalue weighted by Crippen LogP contribution is -2.52. The summed E-state index contributed by atoms with van der Waals surface area (Å²) in [5, 5.41) is 8.05. The molecule has 27 heavy (non-hydrogen) atoms. The fraction of sp³-hybridized carbons (Fsp3) is 0.474. The first-order chi connectivity index (χ1) is 13.0. The fourth-order valence-corrected chi connectivity index (χ4v) is 3.04. The minimum absolute atomic E-state index is 0.0512. The average Bonchev–Trinajstić information content (AvgIpc) is 3.13. The molecule has 0 saturated carbocycles. The first kappa shape index (κ1) is 19.0. The van der Waals surface area contributed by atoms with Crippen LogP contribution in [0.15, 0.2) is 36.5 Å². The summed E-state index contributed by atoms with van der Waals surface area (Å²) in [7, 11) is 3.30. The van der Waals surface area contributed by atoms with E-state index in [1.165, 1.54) is 0 Å². The summed E-state index contributed by atoms with van der Waals surface area (Å²) in [5.74, 6) is -0.258. The van der Waals surface area contributed by atoms with Crippen molar-refractivity contribution in [3.63, 3.8) is 0 Å². The Hall–Kier alpha value is -2.74. The number of benzene rings is 1. The lowest BCUT2D eigenvalue weighted by Gasteiger charge is -2.40. The lowest BCUT2D eigenvalue weighted by molar-refractivity contribution is -0.138. The van der Waals surface area contributed by atoms with Crippen molar-refractivity contribution in [2.45, 2.75) is 18.9 Å². The molecule has 1 saturated heterocycles. The van der Waals surface area contributed by atoms with Crippen LogP contribution in [0, 0.1) is 0 Å². The number of hydrogen-bond donors (Lipinski definition) is 0. The molecule has 0 spiro atoms. The third kappa shape index (κ3) is 4.16. The number of likely N-dealkylation sites (tertiary alicyclic amines) is 1. The number of nitrogens with zero attached hydrogens (tertiary/aromatic N) is 5. The number of ether oxygens (including phenoxy) is 1. The second-order valence-corrected chi connectivity index (χ2v) is 6.83. The predicted octanol–water partition coefficient (Wildman–Crippen LogP) is 1.18. The van der Waals surface area contributed by atoms with E-state index in [1.807, 2.05) is 42.2 Å². The molecule has 1 aliphatic rings. The van der Waals surface area contributed by atoms with Crippen molar-refractivity contribution in [2.24, 2.45) is 0 Å². The molecular weight excluding hydrogens is 346 g/mol. The maximum atomic E-state index is 12.6. The van der Waals surface area contributed by atoms with Crippen LogP contribution < -0.4 is 0 Å². The van der Waals surface area contributed by atoms with Gasteiger partial charge in [0, 0.05) is 33.8 Å². The van der Waals surface area contributed by atoms with Gasteiger partial charge < -0.3 is 14.5 Å². The second kappa shape index (κ2) is 8.30. The Morgan fingerprint density at radius 2 is 2.00 bits per heavy atom. The van der Waals surface area contributed by atoms with Crippen LogP contribution in [0.4, 0.5) is 0 Å². The third-order valence-electron chi connectivity index (χ3n) is 4.92. The first-order valence-corrected chi connectivity index (χ1v) is 9.01. The number of hydrogen-bond acceptors (Lipinski definition) is 5. The van der Waals surface area contributed by atoms with Crippen molar-refractivity contribution in [3.8, 4) is 0 Å². The van der Waals surface area contributed by atoms with E-state index in [-0.39, 0.29) is 23.8 Å². The van der Waals surface area contributed by atoms with Gasteiger partial charge in [-0.1, -0.05) is 35.5 Å². The summed E-state index contributed by atoms with van der Waals surface area (Å²) < 4.78 is 6.66. The normalized spacial score (nSPS) is 15.3. The van der Waals surface area contributed by atoms with Crippen LogP contribution in [-0.4, -0.2) is 77.0 Å². The number of amides is 2. The van der Waals surface area contributed by atoms with Gasteiger partial charge in [0.1, 0.15) is 0 Å². The third-order valence-corrected chi connectivity index (χ3v) is 4.92. The van der Waals surface area contributed by atoms with Crippen LogP contribution in [0.25, 0.3) is 0 Å². The Labute approximate surface area is 158 Å². The molecule has 8 nitrogen and oxygen atoms in total. The van der Waals surface area contributed by atoms with Gasteiger partial charge in [-0.25, -0.2) is 4.68 Å². The zero-order valence-electron chi connectivity index (χ0n) is 15.9. The smallest absolute Gasteiger partial charge is 0.275 e. The molecule has 0 radical (unpaired) electrons. The molecule has 1 aromatic carbocycles. The molecule has 0 aliphatic carbocycles. The van der Waals surface area contributed by atoms with E-state index < -0.39 is 0 Å². The van der Waals surface area contributed by atoms with Gasteiger partial charge in [0.2, 0.25) is 5.91 Å². The minimum atomic E-state index is -0.191. The summed E-state index contributed by atoms with van der Waals surface area (Å²) in [6.45, 7) is 4.03. The summed E-state index contributed by atoms with van der Waals surface area (Å²) in [4.78, 5) is 28.3. The van der Waals surface area contributed by atoms with Crippen LogP contribution in [-0.2, 0) is 9.53 Å². The van der Waals surface area contributed by atoms with Gasteiger partial charge in [-0.15, -0.1) is 5.10 Å². The first-order valence-electron chi connectivity index (χ1n) is 9.01. The SMILES string of the molecule is COCCN(C)C(=O)c1cn(C2CN(C(=O)C(C)c3ccccc3)C2)nn1. The molecule has 8 heteroatoms. The summed E-state index contributed by atoms with van der Waals surface area (Å²) in [6, 6.07) is 9.81. The minimum Gasteiger partial charge on any atom is -0.383 e. The molecule has 1 atom stereocenters. The number of carbonyl (C=O) groups is 2. The molecule has 0 N–H and O–H groups in total. The van der Waals surface area contributed by atoms with Crippen molar-refractivity contribution < 1.29 is 14.3 Å². The van der Waals surface area contributed by atoms with E-state index in [1.54, 1.807) is 29.9 Å². The van der Waals surface area contributed by atoms with Crippen molar-refractivity contribution in [3.05, 3.63) is 47.8 Å². The maximum absolute atomic E-state index is 12.6. The summed E-state index contributed by atoms with van der Waals surface area (Å²) >= 11 is 0. The zero-order valence-corrected chi connectivity index (χ0v) is 15.9. The molecule has 2 amide bonds. The zero-order chi connectivity index (χ0) is 19.4. The standard InChI is InChI=1S/C19H25N5O3/c1-14(15-7-5-4-6-8-15)18(25)23-11-16(12-23)24-13-17(20-21-24)19(26)22(2)9-10-27-3/h4-8,13-14,16H,9-12H2,1-3H3. The molecular formula is C19H25N5O3. The summed E-state index contributed by atoms with van der Waals surface area (Å²) in [6.07, 6.45) is 1.65. The van der Waals surface area contributed by atoms with Gasteiger partial charge in [0.25, 0.3) is 5.91 Å². The highest BCUT2D eigenvalue weighted by Gasteiger charge is 2.35. The molecule has 1 unspecified atom stereocenters. The molecule has 0 bridgehead atoms. The summed E-state index contributed by atoms with van der Waals surface area (Å²) in [5.41, 5.74) is 1.31. The largest absolute Gasteiger partial charge is 0.383 e. The van der Waals surface area contributed by atoms with E-state index in [0.717, 1.165) is 5.56 Å². The highest BCUT2D eigenvalue weighted by atomic mass is 16.5. The second-order valence-electron chi connectivity index (χ2n) is 6.83. The van der Waals surface area contributed by atoms with Gasteiger partial charge in [0.05, 0.1) is 24.8 Å². The predicted molar refractivity (Wildman–Crippen MR) is 99.3 cm³/mol. The Morgan fingerprint density at radius 1 is 1.30 bits per heavy atom. The number of aromatic nitrogens is 3. The topological polar surface area (TPSA) is 80.6 Å². The van der Waals surface area contributed by atoms with Crippen LogP contribution in [0.3, 0.4) is 0 Å². The molecule has 2 aromatic rings. The van der Waals surface area contributed by atoms with Crippen LogP contribution in [0.2, 0.25) is 0 Å². The molecule has 1 aromatic heterocycles. The number of methoxy groups -OCH3 is 1. The van der Waals surface area contributed by atoms with Crippen LogP contribution in [0.1, 0.15) is 34.9 Å². The van der Waals surface area contributed by atoms with Crippen LogP contribution >= 0.6 is 0 Å². The Kier molecular flexibility index (Phi) is 5.85. The molecule has 1 aliphatic heterocycles. The highest BCUT2D eigenvalue weighted by Crippen LogP contribution is 2.26. The van der Waals surface area contributed by atoms with Crippen molar-refractivity contribution in [1.82, 2.24) is 24.8 Å². The van der Waals surface area contributed by atoms with E-state index in [2.05, 4.69) is 10.3 Å². The Morgan fingerprint density at radius 3 is 2.67 bits per heavy atom. The van der Waals surface area contributed by atoms with E-state index in [4.69, 9.17) is 4.74 Å². The Bertz CT molecular complexity index is 786. The van der Waals surface area contributed by atoms with Gasteiger partial charge in [-0.3, -0.25) is 9.59 Å².